The SMILES string of the molecule is O=C(N=Nc1c(O)[nH]c2cc(F)ccc12)c1ccccc1Cl. The largest absolute Gasteiger partial charge is 0.493 e. The Morgan fingerprint density at radius 2 is 2.00 bits per heavy atom. The molecular weight excluding hydrogens is 309 g/mol. The number of aromatic nitrogens is 1. The molecule has 1 amide bonds. The Labute approximate surface area is 129 Å². The number of hydrogen-bond acceptors (Lipinski definition) is 3. The van der Waals surface area contributed by atoms with Gasteiger partial charge >= 0.3 is 0 Å². The number of carbonyl (C=O) groups is 1. The first-order chi connectivity index (χ1) is 10.6. The molecule has 0 aliphatic heterocycles. The van der Waals surface area contributed by atoms with Crippen LogP contribution in [0.4, 0.5) is 10.1 Å². The molecule has 0 fully saturated rings. The van der Waals surface area contributed by atoms with E-state index in [0.717, 1.165) is 0 Å². The van der Waals surface area contributed by atoms with Crippen molar-refractivity contribution in [3.63, 3.8) is 0 Å². The van der Waals surface area contributed by atoms with Gasteiger partial charge in [-0.1, -0.05) is 23.7 Å². The highest BCUT2D eigenvalue weighted by Crippen LogP contribution is 2.35. The van der Waals surface area contributed by atoms with E-state index >= 15 is 0 Å². The number of hydrogen-bond donors (Lipinski definition) is 2. The van der Waals surface area contributed by atoms with Crippen molar-refractivity contribution in [2.75, 3.05) is 0 Å². The Bertz CT molecular complexity index is 905. The highest BCUT2D eigenvalue weighted by Gasteiger charge is 2.13. The number of azo groups is 1. The van der Waals surface area contributed by atoms with Crippen molar-refractivity contribution in [3.05, 3.63) is 58.9 Å². The Morgan fingerprint density at radius 1 is 1.23 bits per heavy atom. The van der Waals surface area contributed by atoms with E-state index in [9.17, 15) is 14.3 Å². The highest BCUT2D eigenvalue weighted by molar-refractivity contribution is 6.33. The van der Waals surface area contributed by atoms with E-state index in [1.807, 2.05) is 0 Å². The predicted molar refractivity (Wildman–Crippen MR) is 80.2 cm³/mol. The predicted octanol–water partition coefficient (Wildman–Crippen LogP) is 4.59. The molecule has 3 rings (SSSR count). The Hall–Kier alpha value is -2.73. The average Bonchev–Trinajstić information content (AvgIpc) is 2.79. The van der Waals surface area contributed by atoms with Gasteiger partial charge in [-0.3, -0.25) is 4.79 Å². The van der Waals surface area contributed by atoms with Crippen LogP contribution in [-0.2, 0) is 0 Å². The second-order valence-electron chi connectivity index (χ2n) is 4.50. The summed E-state index contributed by atoms with van der Waals surface area (Å²) in [5.41, 5.74) is 0.630. The van der Waals surface area contributed by atoms with Gasteiger partial charge in [-0.15, -0.1) is 10.2 Å². The van der Waals surface area contributed by atoms with E-state index in [2.05, 4.69) is 15.2 Å². The van der Waals surface area contributed by atoms with Gasteiger partial charge in [0.25, 0.3) is 5.91 Å². The normalized spacial score (nSPS) is 11.4. The summed E-state index contributed by atoms with van der Waals surface area (Å²) in [4.78, 5) is 14.5. The van der Waals surface area contributed by atoms with Crippen molar-refractivity contribution in [2.45, 2.75) is 0 Å². The molecule has 0 atom stereocenters. The van der Waals surface area contributed by atoms with Crippen LogP contribution in [0, 0.1) is 5.82 Å². The lowest BCUT2D eigenvalue weighted by Crippen LogP contribution is -1.94. The lowest BCUT2D eigenvalue weighted by atomic mass is 10.2. The number of benzene rings is 2. The smallest absolute Gasteiger partial charge is 0.296 e. The average molecular weight is 318 g/mol. The van der Waals surface area contributed by atoms with Crippen molar-refractivity contribution in [1.29, 1.82) is 0 Å². The minimum Gasteiger partial charge on any atom is -0.493 e. The number of carbonyl (C=O) groups excluding carboxylic acids is 1. The molecule has 110 valence electrons. The number of amides is 1. The number of rotatable bonds is 2. The maximum absolute atomic E-state index is 13.1. The molecule has 0 aliphatic rings. The van der Waals surface area contributed by atoms with Gasteiger partial charge in [0.1, 0.15) is 5.82 Å². The molecule has 5 nitrogen and oxygen atoms in total. The van der Waals surface area contributed by atoms with Crippen LogP contribution in [0.15, 0.2) is 52.7 Å². The molecule has 2 N–H and O–H groups in total. The minimum atomic E-state index is -0.638. The molecule has 0 saturated carbocycles. The lowest BCUT2D eigenvalue weighted by molar-refractivity contribution is 0.0995. The number of H-pyrrole nitrogens is 1. The number of aromatic amines is 1. The van der Waals surface area contributed by atoms with Crippen molar-refractivity contribution in [1.82, 2.24) is 4.98 Å². The molecule has 1 heterocycles. The molecule has 0 spiro atoms. The molecular formula is C15H9ClFN3O2. The Kier molecular flexibility index (Phi) is 3.60. The van der Waals surface area contributed by atoms with E-state index in [1.54, 1.807) is 18.2 Å². The first-order valence-corrected chi connectivity index (χ1v) is 6.65. The lowest BCUT2D eigenvalue weighted by Gasteiger charge is -1.97. The monoisotopic (exact) mass is 317 g/mol. The first kappa shape index (κ1) is 14.2. The van der Waals surface area contributed by atoms with Gasteiger partial charge < -0.3 is 10.1 Å². The van der Waals surface area contributed by atoms with Gasteiger partial charge in [0.15, 0.2) is 5.69 Å². The number of nitrogens with one attached hydrogen (secondary N) is 1. The van der Waals surface area contributed by atoms with Crippen LogP contribution in [0.25, 0.3) is 10.9 Å². The van der Waals surface area contributed by atoms with Crippen molar-refractivity contribution in [3.8, 4) is 5.88 Å². The van der Waals surface area contributed by atoms with Crippen LogP contribution in [0.3, 0.4) is 0 Å². The summed E-state index contributed by atoms with van der Waals surface area (Å²) in [6, 6.07) is 10.3. The van der Waals surface area contributed by atoms with Gasteiger partial charge in [0.2, 0.25) is 5.88 Å². The fraction of sp³-hybridized carbons (Fsp3) is 0. The summed E-state index contributed by atoms with van der Waals surface area (Å²) in [7, 11) is 0. The minimum absolute atomic E-state index is 0.0652. The third kappa shape index (κ3) is 2.56. The fourth-order valence-corrected chi connectivity index (χ4v) is 2.24. The van der Waals surface area contributed by atoms with Gasteiger partial charge in [0.05, 0.1) is 16.1 Å². The Morgan fingerprint density at radius 3 is 2.77 bits per heavy atom. The van der Waals surface area contributed by atoms with Crippen LogP contribution in [0.5, 0.6) is 5.88 Å². The first-order valence-electron chi connectivity index (χ1n) is 6.27. The Balaban J connectivity index is 1.98. The quantitative estimate of drug-likeness (QED) is 0.678. The summed E-state index contributed by atoms with van der Waals surface area (Å²) in [6.07, 6.45) is 0. The second-order valence-corrected chi connectivity index (χ2v) is 4.90. The van der Waals surface area contributed by atoms with Gasteiger partial charge in [-0.25, -0.2) is 4.39 Å². The van der Waals surface area contributed by atoms with E-state index in [0.29, 0.717) is 10.9 Å². The van der Waals surface area contributed by atoms with Gasteiger partial charge in [0, 0.05) is 5.39 Å². The summed E-state index contributed by atoms with van der Waals surface area (Å²) >= 11 is 5.90. The molecule has 0 radical (unpaired) electrons. The zero-order valence-electron chi connectivity index (χ0n) is 11.0. The molecule has 1 aromatic heterocycles. The molecule has 7 heteroatoms. The van der Waals surface area contributed by atoms with Crippen LogP contribution in [-0.4, -0.2) is 16.0 Å². The summed E-state index contributed by atoms with van der Waals surface area (Å²) in [6.45, 7) is 0. The molecule has 22 heavy (non-hydrogen) atoms. The summed E-state index contributed by atoms with van der Waals surface area (Å²) < 4.78 is 13.1. The molecule has 0 bridgehead atoms. The molecule has 0 aliphatic carbocycles. The topological polar surface area (TPSA) is 77.8 Å². The zero-order chi connectivity index (χ0) is 15.7. The van der Waals surface area contributed by atoms with Crippen LogP contribution < -0.4 is 0 Å². The molecule has 3 aromatic rings. The third-order valence-electron chi connectivity index (χ3n) is 3.06. The van der Waals surface area contributed by atoms with E-state index < -0.39 is 11.7 Å². The third-order valence-corrected chi connectivity index (χ3v) is 3.39. The van der Waals surface area contributed by atoms with Crippen LogP contribution in [0.1, 0.15) is 10.4 Å². The number of nitrogens with zero attached hydrogens (tertiary/aromatic N) is 2. The molecule has 2 aromatic carbocycles. The number of aromatic hydroxyl groups is 1. The number of fused-ring (bicyclic) bond motifs is 1. The maximum Gasteiger partial charge on any atom is 0.296 e. The maximum atomic E-state index is 13.1. The van der Waals surface area contributed by atoms with Crippen LogP contribution in [0.2, 0.25) is 5.02 Å². The zero-order valence-corrected chi connectivity index (χ0v) is 11.8. The van der Waals surface area contributed by atoms with Gasteiger partial charge in [-0.2, -0.15) is 0 Å². The number of halogens is 2. The molecule has 0 unspecified atom stereocenters. The second kappa shape index (κ2) is 5.57. The van der Waals surface area contributed by atoms with Crippen LogP contribution >= 0.6 is 11.6 Å². The summed E-state index contributed by atoms with van der Waals surface area (Å²) in [5, 5.41) is 17.8. The molecule has 0 saturated heterocycles. The van der Waals surface area contributed by atoms with E-state index in [4.69, 9.17) is 11.6 Å². The van der Waals surface area contributed by atoms with Crippen molar-refractivity contribution < 1.29 is 14.3 Å². The van der Waals surface area contributed by atoms with E-state index in [-0.39, 0.29) is 22.2 Å². The van der Waals surface area contributed by atoms with Crippen molar-refractivity contribution >= 4 is 34.1 Å². The van der Waals surface area contributed by atoms with Gasteiger partial charge in [-0.05, 0) is 30.3 Å². The van der Waals surface area contributed by atoms with Crippen molar-refractivity contribution in [2.24, 2.45) is 10.2 Å². The standard InChI is InChI=1S/C15H9ClFN3O2/c16-11-4-2-1-3-9(11)14(21)20-19-13-10-6-5-8(17)7-12(10)18-15(13)22/h1-7,18,22H. The van der Waals surface area contributed by atoms with E-state index in [1.165, 1.54) is 24.3 Å². The fourth-order valence-electron chi connectivity index (χ4n) is 2.03. The summed E-state index contributed by atoms with van der Waals surface area (Å²) in [5.74, 6) is -1.39. The highest BCUT2D eigenvalue weighted by atomic mass is 35.5.